The number of ether oxygens (including phenoxy) is 1. The normalized spacial score (nSPS) is 23.3. The molecule has 140 valence electrons. The number of allylic oxidation sites excluding steroid dienone is 2. The van der Waals surface area contributed by atoms with E-state index in [1.54, 1.807) is 7.11 Å². The molecule has 0 amide bonds. The minimum Gasteiger partial charge on any atom is -0.497 e. The summed E-state index contributed by atoms with van der Waals surface area (Å²) < 4.78 is 6.59. The fraction of sp³-hybridized carbons (Fsp3) is 0.381. The second-order valence-corrected chi connectivity index (χ2v) is 7.55. The standard InChI is InChI=1S/C21H24N4O2/c1-12-7-13(2)17(14(3)8-12)10-23-25-11-22-19-16-9-15(27-4)5-6-18(16)24-20(19)21(25)26/h5-7,9-11,13-14,17,24H,8H2,1-4H3/b23-10-/t13-,14-,17-/m0/s1. The van der Waals surface area contributed by atoms with Crippen molar-refractivity contribution in [1.29, 1.82) is 0 Å². The molecule has 0 aliphatic heterocycles. The monoisotopic (exact) mass is 364 g/mol. The molecule has 0 bridgehead atoms. The molecule has 6 heteroatoms. The van der Waals surface area contributed by atoms with Crippen LogP contribution in [0.4, 0.5) is 0 Å². The van der Waals surface area contributed by atoms with E-state index >= 15 is 0 Å². The zero-order valence-electron chi connectivity index (χ0n) is 16.1. The Kier molecular flexibility index (Phi) is 4.34. The fourth-order valence-electron chi connectivity index (χ4n) is 4.16. The Morgan fingerprint density at radius 1 is 1.37 bits per heavy atom. The Morgan fingerprint density at radius 3 is 2.93 bits per heavy atom. The van der Waals surface area contributed by atoms with Gasteiger partial charge < -0.3 is 9.72 Å². The number of methoxy groups -OCH3 is 1. The van der Waals surface area contributed by atoms with E-state index in [-0.39, 0.29) is 5.56 Å². The summed E-state index contributed by atoms with van der Waals surface area (Å²) in [6.07, 6.45) is 6.76. The molecule has 0 saturated heterocycles. The quantitative estimate of drug-likeness (QED) is 0.565. The molecule has 0 fully saturated rings. The molecule has 2 aromatic heterocycles. The van der Waals surface area contributed by atoms with Gasteiger partial charge in [-0.1, -0.05) is 25.5 Å². The van der Waals surface area contributed by atoms with Crippen LogP contribution in [0.3, 0.4) is 0 Å². The van der Waals surface area contributed by atoms with Gasteiger partial charge in [0, 0.05) is 23.0 Å². The van der Waals surface area contributed by atoms with Crippen LogP contribution in [0.25, 0.3) is 21.9 Å². The molecule has 1 N–H and O–H groups in total. The number of rotatable bonds is 3. The summed E-state index contributed by atoms with van der Waals surface area (Å²) >= 11 is 0. The Labute approximate surface area is 157 Å². The highest BCUT2D eigenvalue weighted by Crippen LogP contribution is 2.32. The van der Waals surface area contributed by atoms with Crippen LogP contribution in [0, 0.1) is 17.8 Å². The van der Waals surface area contributed by atoms with Crippen molar-refractivity contribution in [2.45, 2.75) is 27.2 Å². The molecule has 1 aliphatic rings. The summed E-state index contributed by atoms with van der Waals surface area (Å²) in [6.45, 7) is 6.61. The molecule has 27 heavy (non-hydrogen) atoms. The highest BCUT2D eigenvalue weighted by molar-refractivity contribution is 6.04. The molecule has 0 unspecified atom stereocenters. The van der Waals surface area contributed by atoms with Crippen LogP contribution >= 0.6 is 0 Å². The summed E-state index contributed by atoms with van der Waals surface area (Å²) in [5.41, 5.74) is 3.17. The third-order valence-electron chi connectivity index (χ3n) is 5.52. The first-order valence-corrected chi connectivity index (χ1v) is 9.26. The lowest BCUT2D eigenvalue weighted by molar-refractivity contribution is 0.361. The average Bonchev–Trinajstić information content (AvgIpc) is 3.01. The van der Waals surface area contributed by atoms with Crippen molar-refractivity contribution in [3.8, 4) is 5.75 Å². The molecular formula is C21H24N4O2. The first-order chi connectivity index (χ1) is 13.0. The Bertz CT molecular complexity index is 1120. The number of nitrogens with one attached hydrogen (secondary N) is 1. The van der Waals surface area contributed by atoms with E-state index in [2.05, 4.69) is 41.9 Å². The number of hydrogen-bond donors (Lipinski definition) is 1. The van der Waals surface area contributed by atoms with Crippen molar-refractivity contribution in [2.24, 2.45) is 22.9 Å². The number of aromatic nitrogens is 3. The van der Waals surface area contributed by atoms with Gasteiger partial charge in [0.1, 0.15) is 23.1 Å². The Hall–Kier alpha value is -2.89. The van der Waals surface area contributed by atoms with Crippen molar-refractivity contribution >= 4 is 28.2 Å². The molecule has 3 atom stereocenters. The van der Waals surface area contributed by atoms with E-state index in [4.69, 9.17) is 4.74 Å². The summed E-state index contributed by atoms with van der Waals surface area (Å²) in [5, 5.41) is 5.32. The summed E-state index contributed by atoms with van der Waals surface area (Å²) in [6, 6.07) is 5.63. The Morgan fingerprint density at radius 2 is 2.19 bits per heavy atom. The van der Waals surface area contributed by atoms with Crippen LogP contribution < -0.4 is 10.3 Å². The minimum atomic E-state index is -0.200. The topological polar surface area (TPSA) is 72.3 Å². The lowest BCUT2D eigenvalue weighted by Gasteiger charge is -2.29. The second kappa shape index (κ2) is 6.68. The summed E-state index contributed by atoms with van der Waals surface area (Å²) in [7, 11) is 1.62. The molecular weight excluding hydrogens is 340 g/mol. The van der Waals surface area contributed by atoms with Crippen molar-refractivity contribution < 1.29 is 4.74 Å². The first-order valence-electron chi connectivity index (χ1n) is 9.26. The Balaban J connectivity index is 1.74. The van der Waals surface area contributed by atoms with Gasteiger partial charge >= 0.3 is 0 Å². The molecule has 6 nitrogen and oxygen atoms in total. The maximum absolute atomic E-state index is 12.9. The van der Waals surface area contributed by atoms with Gasteiger partial charge in [0.15, 0.2) is 0 Å². The predicted molar refractivity (Wildman–Crippen MR) is 108 cm³/mol. The summed E-state index contributed by atoms with van der Waals surface area (Å²) in [4.78, 5) is 20.5. The molecule has 2 heterocycles. The van der Waals surface area contributed by atoms with Crippen LogP contribution in [0.2, 0.25) is 0 Å². The van der Waals surface area contributed by atoms with Crippen LogP contribution in [-0.4, -0.2) is 28.0 Å². The highest BCUT2D eigenvalue weighted by Gasteiger charge is 2.25. The number of hydrogen-bond acceptors (Lipinski definition) is 4. The van der Waals surface area contributed by atoms with Crippen LogP contribution in [0.1, 0.15) is 27.2 Å². The first kappa shape index (κ1) is 17.5. The lowest BCUT2D eigenvalue weighted by atomic mass is 9.76. The van der Waals surface area contributed by atoms with Crippen molar-refractivity contribution in [3.63, 3.8) is 0 Å². The number of benzene rings is 1. The fourth-order valence-corrected chi connectivity index (χ4v) is 4.16. The van der Waals surface area contributed by atoms with Crippen molar-refractivity contribution in [3.05, 3.63) is 46.5 Å². The maximum Gasteiger partial charge on any atom is 0.298 e. The molecule has 1 aliphatic carbocycles. The van der Waals surface area contributed by atoms with Gasteiger partial charge in [0.2, 0.25) is 0 Å². The molecule has 1 aromatic carbocycles. The van der Waals surface area contributed by atoms with Crippen LogP contribution in [0.15, 0.2) is 46.1 Å². The van der Waals surface area contributed by atoms with Gasteiger partial charge in [-0.2, -0.15) is 9.78 Å². The largest absolute Gasteiger partial charge is 0.497 e. The zero-order valence-corrected chi connectivity index (χ0v) is 16.1. The van der Waals surface area contributed by atoms with E-state index in [1.165, 1.54) is 16.6 Å². The van der Waals surface area contributed by atoms with Crippen molar-refractivity contribution in [2.75, 3.05) is 7.11 Å². The van der Waals surface area contributed by atoms with Gasteiger partial charge in [-0.05, 0) is 43.4 Å². The van der Waals surface area contributed by atoms with Gasteiger partial charge in [0.05, 0.1) is 7.11 Å². The van der Waals surface area contributed by atoms with E-state index in [0.29, 0.717) is 28.8 Å². The average molecular weight is 364 g/mol. The van der Waals surface area contributed by atoms with E-state index < -0.39 is 0 Å². The SMILES string of the molecule is COc1ccc2[nH]c3c(=O)n(/N=C\[C@H]4[C@@H](C)C=C(C)C[C@@H]4C)cnc3c2c1. The number of H-pyrrole nitrogens is 1. The van der Waals surface area contributed by atoms with E-state index in [1.807, 2.05) is 24.4 Å². The molecule has 0 radical (unpaired) electrons. The molecule has 3 aromatic rings. The van der Waals surface area contributed by atoms with Gasteiger partial charge in [-0.15, -0.1) is 0 Å². The van der Waals surface area contributed by atoms with Gasteiger partial charge in [0.25, 0.3) is 5.56 Å². The number of aromatic amines is 1. The van der Waals surface area contributed by atoms with Crippen molar-refractivity contribution in [1.82, 2.24) is 14.6 Å². The second-order valence-electron chi connectivity index (χ2n) is 7.55. The minimum absolute atomic E-state index is 0.200. The third kappa shape index (κ3) is 3.05. The molecule has 4 rings (SSSR count). The maximum atomic E-state index is 12.9. The smallest absolute Gasteiger partial charge is 0.298 e. The van der Waals surface area contributed by atoms with Crippen LogP contribution in [0.5, 0.6) is 5.75 Å². The zero-order chi connectivity index (χ0) is 19.1. The molecule has 0 saturated carbocycles. The number of fused-ring (bicyclic) bond motifs is 3. The van der Waals surface area contributed by atoms with Crippen LogP contribution in [-0.2, 0) is 0 Å². The van der Waals surface area contributed by atoms with Gasteiger partial charge in [-0.25, -0.2) is 4.98 Å². The highest BCUT2D eigenvalue weighted by atomic mass is 16.5. The molecule has 0 spiro atoms. The van der Waals surface area contributed by atoms with E-state index in [0.717, 1.165) is 23.1 Å². The number of nitrogens with zero attached hydrogens (tertiary/aromatic N) is 3. The van der Waals surface area contributed by atoms with E-state index in [9.17, 15) is 4.79 Å². The lowest BCUT2D eigenvalue weighted by Crippen LogP contribution is -2.26. The third-order valence-corrected chi connectivity index (χ3v) is 5.52. The van der Waals surface area contributed by atoms with Gasteiger partial charge in [-0.3, -0.25) is 4.79 Å². The summed E-state index contributed by atoms with van der Waals surface area (Å²) in [5.74, 6) is 1.95. The predicted octanol–water partition coefficient (Wildman–Crippen LogP) is 3.96.